The molecule has 0 radical (unpaired) electrons. The van der Waals surface area contributed by atoms with Gasteiger partial charge in [-0.25, -0.2) is 9.37 Å². The molecule has 0 bridgehead atoms. The quantitative estimate of drug-likeness (QED) is 0.297. The molecular weight excluding hydrogens is 543 g/mol. The number of anilines is 1. The maximum atomic E-state index is 14.8. The van der Waals surface area contributed by atoms with Crippen LogP contribution in [0, 0.1) is 29.0 Å². The molecule has 12 heteroatoms. The van der Waals surface area contributed by atoms with Gasteiger partial charge in [0.1, 0.15) is 11.5 Å². The molecule has 1 unspecified atom stereocenters. The van der Waals surface area contributed by atoms with Gasteiger partial charge in [-0.3, -0.25) is 4.79 Å². The number of alkyl halides is 6. The summed E-state index contributed by atoms with van der Waals surface area (Å²) in [5, 5.41) is 22.6. The molecule has 206 valence electrons. The molecule has 1 aliphatic rings. The van der Waals surface area contributed by atoms with E-state index in [9.17, 15) is 40.6 Å². The van der Waals surface area contributed by atoms with E-state index in [-0.39, 0.29) is 24.1 Å². The fourth-order valence-electron chi connectivity index (χ4n) is 4.26. The molecule has 5 nitrogen and oxygen atoms in total. The molecule has 0 aliphatic heterocycles. The second kappa shape index (κ2) is 10.3. The molecule has 40 heavy (non-hydrogen) atoms. The number of hydrogen-bond acceptors (Lipinski definition) is 4. The molecule has 2 aromatic carbocycles. The van der Waals surface area contributed by atoms with Crippen LogP contribution in [0.4, 0.5) is 36.4 Å². The first-order valence-corrected chi connectivity index (χ1v) is 11.6. The van der Waals surface area contributed by atoms with Gasteiger partial charge in [0.2, 0.25) is 5.60 Å². The SMILES string of the molecule is N#Cc1ccc(NC(=O)C(O)(C#Cc2ccccn2)CC2(c3cc(C(F)(F)F)ccc3F)CC2)cc1C(F)(F)F. The molecule has 1 amide bonds. The smallest absolute Gasteiger partial charge is 0.369 e. The highest BCUT2D eigenvalue weighted by Crippen LogP contribution is 2.55. The van der Waals surface area contributed by atoms with E-state index in [2.05, 4.69) is 22.1 Å². The number of carbonyl (C=O) groups excluding carboxylic acids is 1. The van der Waals surface area contributed by atoms with Crippen LogP contribution in [0.25, 0.3) is 0 Å². The number of aromatic nitrogens is 1. The highest BCUT2D eigenvalue weighted by atomic mass is 19.4. The number of carbonyl (C=O) groups is 1. The Kier molecular flexibility index (Phi) is 7.35. The molecule has 2 N–H and O–H groups in total. The Morgan fingerprint density at radius 3 is 2.33 bits per heavy atom. The number of pyridine rings is 1. The topological polar surface area (TPSA) is 86.0 Å². The van der Waals surface area contributed by atoms with Gasteiger partial charge in [-0.15, -0.1) is 0 Å². The van der Waals surface area contributed by atoms with Crippen molar-refractivity contribution >= 4 is 11.6 Å². The van der Waals surface area contributed by atoms with Gasteiger partial charge in [-0.05, 0) is 72.9 Å². The minimum Gasteiger partial charge on any atom is -0.369 e. The number of nitrogens with one attached hydrogen (secondary N) is 1. The number of halogens is 7. The van der Waals surface area contributed by atoms with Crippen molar-refractivity contribution < 1.29 is 40.6 Å². The van der Waals surface area contributed by atoms with Crippen molar-refractivity contribution in [3.63, 3.8) is 0 Å². The second-order valence-electron chi connectivity index (χ2n) is 9.30. The van der Waals surface area contributed by atoms with Crippen LogP contribution < -0.4 is 5.32 Å². The van der Waals surface area contributed by atoms with Gasteiger partial charge in [0.25, 0.3) is 5.91 Å². The lowest BCUT2D eigenvalue weighted by Gasteiger charge is -2.28. The third kappa shape index (κ3) is 6.08. The highest BCUT2D eigenvalue weighted by Gasteiger charge is 2.54. The van der Waals surface area contributed by atoms with Crippen molar-refractivity contribution in [2.75, 3.05) is 5.32 Å². The maximum absolute atomic E-state index is 14.8. The van der Waals surface area contributed by atoms with E-state index in [0.29, 0.717) is 24.3 Å². The zero-order valence-corrected chi connectivity index (χ0v) is 20.3. The number of aliphatic hydroxyl groups is 1. The summed E-state index contributed by atoms with van der Waals surface area (Å²) < 4.78 is 95.0. The number of benzene rings is 2. The van der Waals surface area contributed by atoms with Crippen LogP contribution in [-0.4, -0.2) is 21.6 Å². The van der Waals surface area contributed by atoms with Gasteiger partial charge < -0.3 is 10.4 Å². The van der Waals surface area contributed by atoms with Crippen LogP contribution in [0.5, 0.6) is 0 Å². The predicted octanol–water partition coefficient (Wildman–Crippen LogP) is 5.97. The van der Waals surface area contributed by atoms with E-state index in [0.717, 1.165) is 12.1 Å². The maximum Gasteiger partial charge on any atom is 0.417 e. The number of hydrogen-bond donors (Lipinski definition) is 2. The van der Waals surface area contributed by atoms with Crippen molar-refractivity contribution in [2.45, 2.75) is 42.6 Å². The van der Waals surface area contributed by atoms with Crippen LogP contribution >= 0.6 is 0 Å². The average molecular weight is 561 g/mol. The Bertz CT molecular complexity index is 1550. The lowest BCUT2D eigenvalue weighted by Crippen LogP contribution is -2.44. The Morgan fingerprint density at radius 2 is 1.75 bits per heavy atom. The lowest BCUT2D eigenvalue weighted by atomic mass is 9.82. The Labute approximate surface area is 223 Å². The summed E-state index contributed by atoms with van der Waals surface area (Å²) in [6.07, 6.45) is -8.77. The summed E-state index contributed by atoms with van der Waals surface area (Å²) in [4.78, 5) is 17.3. The number of nitriles is 1. The van der Waals surface area contributed by atoms with Crippen LogP contribution in [0.1, 0.15) is 47.2 Å². The van der Waals surface area contributed by atoms with Gasteiger partial charge in [0.05, 0.1) is 22.8 Å². The zero-order chi connectivity index (χ0) is 29.3. The molecule has 0 saturated heterocycles. The van der Waals surface area contributed by atoms with E-state index in [4.69, 9.17) is 5.26 Å². The van der Waals surface area contributed by atoms with E-state index in [1.165, 1.54) is 18.3 Å². The van der Waals surface area contributed by atoms with Crippen LogP contribution in [0.2, 0.25) is 0 Å². The van der Waals surface area contributed by atoms with Gasteiger partial charge in [0.15, 0.2) is 0 Å². The van der Waals surface area contributed by atoms with Gasteiger partial charge in [0, 0.05) is 23.7 Å². The first kappa shape index (κ1) is 28.6. The monoisotopic (exact) mass is 561 g/mol. The van der Waals surface area contributed by atoms with E-state index >= 15 is 0 Å². The van der Waals surface area contributed by atoms with Crippen molar-refractivity contribution in [3.05, 3.63) is 94.6 Å². The summed E-state index contributed by atoms with van der Waals surface area (Å²) in [6.45, 7) is 0. The number of amides is 1. The Morgan fingerprint density at radius 1 is 1.02 bits per heavy atom. The minimum absolute atomic E-state index is 0.112. The minimum atomic E-state index is -4.93. The van der Waals surface area contributed by atoms with Gasteiger partial charge in [-0.2, -0.15) is 31.6 Å². The molecule has 1 aliphatic carbocycles. The van der Waals surface area contributed by atoms with Crippen molar-refractivity contribution in [1.82, 2.24) is 4.98 Å². The molecular formula is C28H18F7N3O2. The third-order valence-electron chi connectivity index (χ3n) is 6.45. The van der Waals surface area contributed by atoms with Crippen molar-refractivity contribution in [2.24, 2.45) is 0 Å². The summed E-state index contributed by atoms with van der Waals surface area (Å²) in [7, 11) is 0. The molecule has 0 spiro atoms. The second-order valence-corrected chi connectivity index (χ2v) is 9.30. The molecule has 3 aromatic rings. The summed E-state index contributed by atoms with van der Waals surface area (Å²) >= 11 is 0. The number of nitrogens with zero attached hydrogens (tertiary/aromatic N) is 2. The predicted molar refractivity (Wildman–Crippen MR) is 128 cm³/mol. The van der Waals surface area contributed by atoms with Crippen LogP contribution in [-0.2, 0) is 22.6 Å². The summed E-state index contributed by atoms with van der Waals surface area (Å²) in [6, 6.07) is 10.2. The fourth-order valence-corrected chi connectivity index (χ4v) is 4.26. The lowest BCUT2D eigenvalue weighted by molar-refractivity contribution is -0.138. The van der Waals surface area contributed by atoms with Crippen LogP contribution in [0.15, 0.2) is 60.8 Å². The van der Waals surface area contributed by atoms with Gasteiger partial charge in [-0.1, -0.05) is 12.0 Å². The van der Waals surface area contributed by atoms with E-state index in [1.807, 2.05) is 0 Å². The Balaban J connectivity index is 1.74. The van der Waals surface area contributed by atoms with E-state index in [1.54, 1.807) is 12.1 Å². The standard InChI is InChI=1S/C28H18F7N3O2/c29-23-7-5-18(27(30,31)32)13-22(23)25(10-11-25)16-26(40,9-8-19-3-1-2-12-37-19)24(39)38-20-6-4-17(15-36)21(14-20)28(33,34)35/h1-7,12-14,40H,10-11,16H2,(H,38,39). The number of rotatable bonds is 5. The van der Waals surface area contributed by atoms with E-state index < -0.39 is 63.9 Å². The van der Waals surface area contributed by atoms with Crippen LogP contribution in [0.3, 0.4) is 0 Å². The Hall–Kier alpha value is -4.42. The first-order chi connectivity index (χ1) is 18.7. The summed E-state index contributed by atoms with van der Waals surface area (Å²) in [5.74, 6) is 2.55. The first-order valence-electron chi connectivity index (χ1n) is 11.6. The molecule has 4 rings (SSSR count). The molecule has 1 heterocycles. The van der Waals surface area contributed by atoms with Crippen molar-refractivity contribution in [3.8, 4) is 17.9 Å². The van der Waals surface area contributed by atoms with Gasteiger partial charge >= 0.3 is 12.4 Å². The molecule has 1 atom stereocenters. The summed E-state index contributed by atoms with van der Waals surface area (Å²) in [5.41, 5.74) is -7.94. The van der Waals surface area contributed by atoms with Crippen molar-refractivity contribution in [1.29, 1.82) is 5.26 Å². The largest absolute Gasteiger partial charge is 0.417 e. The normalized spacial score (nSPS) is 15.7. The highest BCUT2D eigenvalue weighted by molar-refractivity contribution is 6.00. The fraction of sp³-hybridized carbons (Fsp3) is 0.250. The third-order valence-corrected chi connectivity index (χ3v) is 6.45. The molecule has 1 fully saturated rings. The average Bonchev–Trinajstić information content (AvgIpc) is 3.67. The molecule has 1 saturated carbocycles. The zero-order valence-electron chi connectivity index (χ0n) is 20.3. The molecule has 1 aromatic heterocycles.